The van der Waals surface area contributed by atoms with Crippen molar-refractivity contribution < 1.29 is 18.3 Å². The topological polar surface area (TPSA) is 41.6 Å². The van der Waals surface area contributed by atoms with Crippen LogP contribution in [0.2, 0.25) is 0 Å². The zero-order valence-electron chi connectivity index (χ0n) is 26.4. The van der Waals surface area contributed by atoms with Crippen molar-refractivity contribution >= 4 is 17.1 Å². The first-order chi connectivity index (χ1) is 19.5. The Morgan fingerprint density at radius 1 is 1.07 bits per heavy atom. The second kappa shape index (κ2) is 17.4. The predicted molar refractivity (Wildman–Crippen MR) is 170 cm³/mol. The van der Waals surface area contributed by atoms with Crippen LogP contribution in [0.5, 0.6) is 5.75 Å². The van der Waals surface area contributed by atoms with Gasteiger partial charge in [0.15, 0.2) is 0 Å². The first-order valence-corrected chi connectivity index (χ1v) is 14.7. The first kappa shape index (κ1) is 35.6. The van der Waals surface area contributed by atoms with Crippen molar-refractivity contribution in [3.8, 4) is 5.75 Å². The molecular formula is C35H50F2N2O2. The van der Waals surface area contributed by atoms with Crippen LogP contribution in [0.25, 0.3) is 11.3 Å². The molecule has 4 nitrogen and oxygen atoms in total. The summed E-state index contributed by atoms with van der Waals surface area (Å²) in [5.74, 6) is 0.146. The van der Waals surface area contributed by atoms with Gasteiger partial charge in [-0.05, 0) is 67.6 Å². The lowest BCUT2D eigenvalue weighted by molar-refractivity contribution is -0.110. The number of nitrogens with zero attached hydrogens (tertiary/aromatic N) is 1. The Bertz CT molecular complexity index is 1180. The molecule has 1 aliphatic heterocycles. The first-order valence-electron chi connectivity index (χ1n) is 14.7. The van der Waals surface area contributed by atoms with E-state index in [1.54, 1.807) is 32.4 Å². The molecule has 0 aliphatic carbocycles. The number of allylic oxidation sites excluding steroid dienone is 2. The summed E-state index contributed by atoms with van der Waals surface area (Å²) < 4.78 is 34.4. The number of unbranched alkanes of at least 4 members (excludes halogenated alkanes) is 1. The SMILES string of the molecule is C=C(NC)C(=O)/C(=C/C)c1cc(C(=C)N2CCC(F)(Cc3ccc(F)cc3)CC2)c(OC)cc1C.CC.CCCC. The van der Waals surface area contributed by atoms with E-state index in [9.17, 15) is 9.18 Å². The highest BCUT2D eigenvalue weighted by Crippen LogP contribution is 2.37. The Hall–Kier alpha value is -3.41. The summed E-state index contributed by atoms with van der Waals surface area (Å²) in [6.45, 7) is 21.2. The number of aryl methyl sites for hydroxylation is 1. The summed E-state index contributed by atoms with van der Waals surface area (Å²) >= 11 is 0. The van der Waals surface area contributed by atoms with Crippen LogP contribution in [0.15, 0.2) is 61.3 Å². The largest absolute Gasteiger partial charge is 0.496 e. The number of hydrogen-bond acceptors (Lipinski definition) is 4. The number of ketones is 1. The van der Waals surface area contributed by atoms with Crippen LogP contribution >= 0.6 is 0 Å². The molecular weight excluding hydrogens is 518 g/mol. The molecule has 0 bridgehead atoms. The van der Waals surface area contributed by atoms with Crippen molar-refractivity contribution in [2.45, 2.75) is 79.3 Å². The summed E-state index contributed by atoms with van der Waals surface area (Å²) in [5, 5.41) is 2.82. The van der Waals surface area contributed by atoms with Crippen molar-refractivity contribution in [3.63, 3.8) is 0 Å². The maximum Gasteiger partial charge on any atom is 0.208 e. The number of piperidine rings is 1. The van der Waals surface area contributed by atoms with Gasteiger partial charge in [-0.2, -0.15) is 0 Å². The molecule has 6 heteroatoms. The van der Waals surface area contributed by atoms with E-state index in [1.807, 2.05) is 39.8 Å². The van der Waals surface area contributed by atoms with Gasteiger partial charge >= 0.3 is 0 Å². The van der Waals surface area contributed by atoms with Crippen molar-refractivity contribution in [2.75, 3.05) is 27.2 Å². The fourth-order valence-electron chi connectivity index (χ4n) is 4.54. The molecule has 41 heavy (non-hydrogen) atoms. The minimum absolute atomic E-state index is 0.180. The molecule has 0 unspecified atom stereocenters. The minimum atomic E-state index is -1.35. The monoisotopic (exact) mass is 568 g/mol. The lowest BCUT2D eigenvalue weighted by Gasteiger charge is -2.39. The highest BCUT2D eigenvalue weighted by molar-refractivity contribution is 6.28. The predicted octanol–water partition coefficient (Wildman–Crippen LogP) is 8.70. The van der Waals surface area contributed by atoms with Crippen LogP contribution in [-0.4, -0.2) is 43.6 Å². The number of hydrogen-bond donors (Lipinski definition) is 1. The van der Waals surface area contributed by atoms with Gasteiger partial charge in [-0.15, -0.1) is 0 Å². The van der Waals surface area contributed by atoms with Crippen LogP contribution in [-0.2, 0) is 11.2 Å². The van der Waals surface area contributed by atoms with Gasteiger partial charge in [0.2, 0.25) is 5.78 Å². The molecule has 1 aliphatic rings. The third-order valence-corrected chi connectivity index (χ3v) is 7.23. The fraction of sp³-hybridized carbons (Fsp3) is 0.457. The van der Waals surface area contributed by atoms with Gasteiger partial charge in [-0.1, -0.05) is 71.9 Å². The van der Waals surface area contributed by atoms with E-state index >= 15 is 4.39 Å². The van der Waals surface area contributed by atoms with Gasteiger partial charge in [-0.3, -0.25) is 4.79 Å². The second-order valence-corrected chi connectivity index (χ2v) is 10.0. The molecule has 3 rings (SSSR count). The number of likely N-dealkylation sites (N-methyl/N-ethyl adjacent to an activating group) is 1. The quantitative estimate of drug-likeness (QED) is 0.291. The van der Waals surface area contributed by atoms with Crippen LogP contribution in [0.3, 0.4) is 0 Å². The maximum absolute atomic E-state index is 15.6. The molecule has 2 aromatic carbocycles. The summed E-state index contributed by atoms with van der Waals surface area (Å²) in [5.41, 5.74) is 3.45. The molecule has 0 atom stereocenters. The van der Waals surface area contributed by atoms with E-state index in [0.29, 0.717) is 43.0 Å². The number of ether oxygens (including phenoxy) is 1. The van der Waals surface area contributed by atoms with Crippen LogP contribution < -0.4 is 10.1 Å². The third-order valence-electron chi connectivity index (χ3n) is 7.23. The van der Waals surface area contributed by atoms with E-state index in [1.165, 1.54) is 25.0 Å². The molecule has 1 saturated heterocycles. The van der Waals surface area contributed by atoms with Crippen LogP contribution in [0.1, 0.15) is 82.6 Å². The zero-order chi connectivity index (χ0) is 31.2. The Balaban J connectivity index is 0.00000129. The van der Waals surface area contributed by atoms with Crippen molar-refractivity contribution in [3.05, 3.63) is 89.4 Å². The number of methoxy groups -OCH3 is 1. The Kier molecular flexibility index (Phi) is 15.1. The molecule has 0 amide bonds. The average Bonchev–Trinajstić information content (AvgIpc) is 2.99. The summed E-state index contributed by atoms with van der Waals surface area (Å²) in [6, 6.07) is 9.83. The average molecular weight is 569 g/mol. The number of carbonyl (C=O) groups is 1. The number of halogens is 2. The molecule has 1 heterocycles. The number of Topliss-reactive ketones (excluding diaryl/α,β-unsaturated/α-hetero) is 1. The van der Waals surface area contributed by atoms with E-state index in [-0.39, 0.29) is 18.0 Å². The van der Waals surface area contributed by atoms with Gasteiger partial charge in [-0.25, -0.2) is 8.78 Å². The minimum Gasteiger partial charge on any atom is -0.496 e. The van der Waals surface area contributed by atoms with E-state index < -0.39 is 5.67 Å². The normalized spacial score (nSPS) is 14.1. The third kappa shape index (κ3) is 9.87. The number of carbonyl (C=O) groups excluding carboxylic acids is 1. The number of benzene rings is 2. The highest BCUT2D eigenvalue weighted by Gasteiger charge is 2.35. The summed E-state index contributed by atoms with van der Waals surface area (Å²) in [7, 11) is 3.26. The van der Waals surface area contributed by atoms with E-state index in [2.05, 4.69) is 37.2 Å². The van der Waals surface area contributed by atoms with E-state index in [0.717, 1.165) is 28.0 Å². The van der Waals surface area contributed by atoms with Gasteiger partial charge in [0.1, 0.15) is 17.2 Å². The molecule has 2 aromatic rings. The summed E-state index contributed by atoms with van der Waals surface area (Å²) in [4.78, 5) is 14.9. The highest BCUT2D eigenvalue weighted by atomic mass is 19.1. The molecule has 0 radical (unpaired) electrons. The smallest absolute Gasteiger partial charge is 0.208 e. The molecule has 0 aromatic heterocycles. The molecule has 0 saturated carbocycles. The van der Waals surface area contributed by atoms with E-state index in [4.69, 9.17) is 4.74 Å². The fourth-order valence-corrected chi connectivity index (χ4v) is 4.54. The lowest BCUT2D eigenvalue weighted by Crippen LogP contribution is -2.42. The number of alkyl halides is 1. The standard InChI is InChI=1S/C29H34F2N2O2.C4H10.C2H6/c1-7-24(28(34)20(3)32-5)25-17-26(27(35-6)16-19(25)2)21(4)33-14-12-29(31,13-15-33)18-22-8-10-23(30)11-9-22;1-3-4-2;1-2/h7-11,16-17,32H,3-4,12-15,18H2,1-2,5-6H3;3-4H2,1-2H3;1-2H3/b24-7+;;. The van der Waals surface area contributed by atoms with Gasteiger partial charge in [0.05, 0.1) is 12.8 Å². The van der Waals surface area contributed by atoms with Crippen molar-refractivity contribution in [2.24, 2.45) is 0 Å². The van der Waals surface area contributed by atoms with Gasteiger partial charge < -0.3 is 15.0 Å². The Morgan fingerprint density at radius 2 is 1.63 bits per heavy atom. The number of rotatable bonds is 10. The second-order valence-electron chi connectivity index (χ2n) is 10.0. The van der Waals surface area contributed by atoms with Gasteiger partial charge in [0, 0.05) is 43.4 Å². The van der Waals surface area contributed by atoms with Crippen LogP contribution in [0.4, 0.5) is 8.78 Å². The maximum atomic E-state index is 15.6. The molecule has 1 fully saturated rings. The molecule has 1 N–H and O–H groups in total. The van der Waals surface area contributed by atoms with Crippen LogP contribution in [0, 0.1) is 12.7 Å². The lowest BCUT2D eigenvalue weighted by atomic mass is 9.86. The van der Waals surface area contributed by atoms with Crippen molar-refractivity contribution in [1.29, 1.82) is 0 Å². The summed E-state index contributed by atoms with van der Waals surface area (Å²) in [6.07, 6.45) is 5.35. The van der Waals surface area contributed by atoms with Gasteiger partial charge in [0.25, 0.3) is 0 Å². The number of nitrogens with one attached hydrogen (secondary N) is 1. The Labute approximate surface area is 247 Å². The zero-order valence-corrected chi connectivity index (χ0v) is 26.4. The Morgan fingerprint density at radius 3 is 2.10 bits per heavy atom. The van der Waals surface area contributed by atoms with Crippen molar-refractivity contribution in [1.82, 2.24) is 10.2 Å². The molecule has 0 spiro atoms. The number of likely N-dealkylation sites (tertiary alicyclic amines) is 1. The molecule has 226 valence electrons.